The second kappa shape index (κ2) is 7.77. The minimum absolute atomic E-state index is 0.0479. The van der Waals surface area contributed by atoms with Crippen LogP contribution in [0.15, 0.2) is 29.6 Å². The molecule has 4 nitrogen and oxygen atoms in total. The van der Waals surface area contributed by atoms with Gasteiger partial charge in [0.1, 0.15) is 0 Å². The van der Waals surface area contributed by atoms with Crippen molar-refractivity contribution in [3.05, 3.63) is 55.7 Å². The Morgan fingerprint density at radius 2 is 2.12 bits per heavy atom. The van der Waals surface area contributed by atoms with Gasteiger partial charge in [0, 0.05) is 16.4 Å². The summed E-state index contributed by atoms with van der Waals surface area (Å²) >= 11 is 13.6. The highest BCUT2D eigenvalue weighted by atomic mass is 35.5. The number of benzene rings is 1. The maximum absolute atomic E-state index is 12.6. The van der Waals surface area contributed by atoms with Crippen LogP contribution in [0.25, 0.3) is 0 Å². The molecule has 0 fully saturated rings. The van der Waals surface area contributed by atoms with Crippen molar-refractivity contribution in [2.75, 3.05) is 13.1 Å². The Morgan fingerprint density at radius 1 is 1.32 bits per heavy atom. The highest BCUT2D eigenvalue weighted by molar-refractivity contribution is 7.10. The molecule has 0 unspecified atom stereocenters. The fraction of sp³-hybridized carbons (Fsp3) is 0.333. The van der Waals surface area contributed by atoms with E-state index >= 15 is 0 Å². The van der Waals surface area contributed by atoms with E-state index in [9.17, 15) is 9.59 Å². The van der Waals surface area contributed by atoms with Gasteiger partial charge in [0.05, 0.1) is 23.2 Å². The highest BCUT2D eigenvalue weighted by Gasteiger charge is 2.30. The first kappa shape index (κ1) is 18.2. The summed E-state index contributed by atoms with van der Waals surface area (Å²) in [5.74, 6) is -0.460. The van der Waals surface area contributed by atoms with Gasteiger partial charge in [0.2, 0.25) is 5.91 Å². The van der Waals surface area contributed by atoms with Gasteiger partial charge >= 0.3 is 0 Å². The van der Waals surface area contributed by atoms with Crippen molar-refractivity contribution in [3.8, 4) is 0 Å². The zero-order valence-electron chi connectivity index (χ0n) is 13.7. The molecule has 7 heteroatoms. The first-order chi connectivity index (χ1) is 12.0. The summed E-state index contributed by atoms with van der Waals surface area (Å²) in [6.45, 7) is 2.71. The van der Waals surface area contributed by atoms with Crippen LogP contribution < -0.4 is 5.32 Å². The van der Waals surface area contributed by atoms with Crippen molar-refractivity contribution >= 4 is 46.4 Å². The topological polar surface area (TPSA) is 49.4 Å². The zero-order chi connectivity index (χ0) is 18.0. The Balaban J connectivity index is 1.65. The predicted molar refractivity (Wildman–Crippen MR) is 102 cm³/mol. The minimum Gasteiger partial charge on any atom is -0.343 e. The van der Waals surface area contributed by atoms with Crippen LogP contribution in [-0.4, -0.2) is 29.8 Å². The molecule has 1 aliphatic heterocycles. The number of nitrogens with zero attached hydrogens (tertiary/aromatic N) is 1. The van der Waals surface area contributed by atoms with Crippen molar-refractivity contribution in [2.45, 2.75) is 25.8 Å². The molecule has 25 heavy (non-hydrogen) atoms. The van der Waals surface area contributed by atoms with Gasteiger partial charge < -0.3 is 10.2 Å². The third kappa shape index (κ3) is 3.84. The van der Waals surface area contributed by atoms with Crippen LogP contribution in [0.3, 0.4) is 0 Å². The van der Waals surface area contributed by atoms with E-state index in [1.165, 1.54) is 16.5 Å². The van der Waals surface area contributed by atoms with E-state index in [1.54, 1.807) is 23.5 Å². The summed E-state index contributed by atoms with van der Waals surface area (Å²) in [7, 11) is 0. The van der Waals surface area contributed by atoms with Gasteiger partial charge in [0.15, 0.2) is 0 Å². The van der Waals surface area contributed by atoms with E-state index in [4.69, 9.17) is 23.2 Å². The largest absolute Gasteiger partial charge is 0.343 e. The molecular formula is C18H18Cl2N2O2S. The lowest BCUT2D eigenvalue weighted by Crippen LogP contribution is -2.44. The number of hydrogen-bond donors (Lipinski definition) is 1. The number of fused-ring (bicyclic) bond motifs is 1. The quantitative estimate of drug-likeness (QED) is 0.836. The summed E-state index contributed by atoms with van der Waals surface area (Å²) in [6.07, 6.45) is 1.72. The fourth-order valence-electron chi connectivity index (χ4n) is 3.16. The lowest BCUT2D eigenvalue weighted by molar-refractivity contribution is -0.133. The SMILES string of the molecule is CC[C@@H]1c2ccsc2CCN1C(=O)CNC(=O)c1ccc(Cl)cc1Cl. The Hall–Kier alpha value is -1.56. The predicted octanol–water partition coefficient (Wildman–Crippen LogP) is 4.32. The molecule has 1 aromatic carbocycles. The first-order valence-electron chi connectivity index (χ1n) is 8.10. The summed E-state index contributed by atoms with van der Waals surface area (Å²) in [6, 6.07) is 6.84. The molecule has 0 spiro atoms. The summed E-state index contributed by atoms with van der Waals surface area (Å²) < 4.78 is 0. The third-order valence-corrected chi connectivity index (χ3v) is 5.92. The third-order valence-electron chi connectivity index (χ3n) is 4.38. The number of hydrogen-bond acceptors (Lipinski definition) is 3. The molecular weight excluding hydrogens is 379 g/mol. The zero-order valence-corrected chi connectivity index (χ0v) is 16.0. The van der Waals surface area contributed by atoms with Crippen LogP contribution in [0.2, 0.25) is 10.0 Å². The van der Waals surface area contributed by atoms with Gasteiger partial charge in [-0.2, -0.15) is 0 Å². The van der Waals surface area contributed by atoms with E-state index in [2.05, 4.69) is 23.7 Å². The summed E-state index contributed by atoms with van der Waals surface area (Å²) in [5, 5.41) is 5.47. The van der Waals surface area contributed by atoms with Crippen molar-refractivity contribution in [1.29, 1.82) is 0 Å². The lowest BCUT2D eigenvalue weighted by atomic mass is 9.98. The average Bonchev–Trinajstić information content (AvgIpc) is 3.07. The molecule has 0 aliphatic carbocycles. The Bertz CT molecular complexity index is 806. The van der Waals surface area contributed by atoms with Crippen LogP contribution in [0.5, 0.6) is 0 Å². The Kier molecular flexibility index (Phi) is 5.67. The van der Waals surface area contributed by atoms with E-state index < -0.39 is 0 Å². The maximum atomic E-state index is 12.6. The van der Waals surface area contributed by atoms with Gasteiger partial charge in [-0.05, 0) is 48.1 Å². The van der Waals surface area contributed by atoms with E-state index in [0.29, 0.717) is 17.1 Å². The molecule has 0 radical (unpaired) electrons. The normalized spacial score (nSPS) is 16.4. The number of halogens is 2. The second-order valence-electron chi connectivity index (χ2n) is 5.87. The number of carbonyl (C=O) groups excluding carboxylic acids is 2. The minimum atomic E-state index is -0.378. The van der Waals surface area contributed by atoms with E-state index in [-0.39, 0.29) is 29.4 Å². The molecule has 132 valence electrons. The molecule has 2 aromatic rings. The van der Waals surface area contributed by atoms with Crippen molar-refractivity contribution in [2.24, 2.45) is 0 Å². The number of nitrogens with one attached hydrogen (secondary N) is 1. The van der Waals surface area contributed by atoms with Crippen LogP contribution >= 0.6 is 34.5 Å². The molecule has 1 N–H and O–H groups in total. The van der Waals surface area contributed by atoms with Crippen molar-refractivity contribution in [1.82, 2.24) is 10.2 Å². The summed E-state index contributed by atoms with van der Waals surface area (Å²) in [4.78, 5) is 28.1. The monoisotopic (exact) mass is 396 g/mol. The van der Waals surface area contributed by atoms with Crippen molar-refractivity contribution in [3.63, 3.8) is 0 Å². The lowest BCUT2D eigenvalue weighted by Gasteiger charge is -2.35. The maximum Gasteiger partial charge on any atom is 0.253 e. The van der Waals surface area contributed by atoms with E-state index in [0.717, 1.165) is 12.8 Å². The van der Waals surface area contributed by atoms with Crippen LogP contribution in [0.4, 0.5) is 0 Å². The average molecular weight is 397 g/mol. The molecule has 2 heterocycles. The molecule has 2 amide bonds. The van der Waals surface area contributed by atoms with E-state index in [1.807, 2.05) is 4.90 Å². The smallest absolute Gasteiger partial charge is 0.253 e. The number of carbonyl (C=O) groups is 2. The van der Waals surface area contributed by atoms with Gasteiger partial charge in [-0.1, -0.05) is 30.1 Å². The van der Waals surface area contributed by atoms with Crippen LogP contribution in [0, 0.1) is 0 Å². The van der Waals surface area contributed by atoms with Gasteiger partial charge in [-0.3, -0.25) is 9.59 Å². The molecule has 1 aliphatic rings. The molecule has 3 rings (SSSR count). The van der Waals surface area contributed by atoms with Gasteiger partial charge in [-0.15, -0.1) is 11.3 Å². The first-order valence-corrected chi connectivity index (χ1v) is 9.73. The Labute approximate surface area is 160 Å². The molecule has 1 aromatic heterocycles. The molecule has 0 bridgehead atoms. The van der Waals surface area contributed by atoms with Gasteiger partial charge in [0.25, 0.3) is 5.91 Å². The fourth-order valence-corrected chi connectivity index (χ4v) is 4.58. The number of rotatable bonds is 4. The van der Waals surface area contributed by atoms with Crippen LogP contribution in [0.1, 0.15) is 40.2 Å². The van der Waals surface area contributed by atoms with Crippen LogP contribution in [-0.2, 0) is 11.2 Å². The standard InChI is InChI=1S/C18H18Cl2N2O2S/c1-2-15-13-6-8-25-16(13)5-7-22(15)17(23)10-21-18(24)12-4-3-11(19)9-14(12)20/h3-4,6,8-9,15H,2,5,7,10H2,1H3,(H,21,24)/t15-/m1/s1. The second-order valence-corrected chi connectivity index (χ2v) is 7.71. The molecule has 1 atom stereocenters. The van der Waals surface area contributed by atoms with Gasteiger partial charge in [-0.25, -0.2) is 0 Å². The molecule has 0 saturated carbocycles. The highest BCUT2D eigenvalue weighted by Crippen LogP contribution is 2.35. The summed E-state index contributed by atoms with van der Waals surface area (Å²) in [5.41, 5.74) is 1.55. The number of amides is 2. The van der Waals surface area contributed by atoms with Crippen molar-refractivity contribution < 1.29 is 9.59 Å². The Morgan fingerprint density at radius 3 is 2.84 bits per heavy atom. The number of thiophene rings is 1. The molecule has 0 saturated heterocycles.